The molecule has 4 heteroatoms. The van der Waals surface area contributed by atoms with Crippen molar-refractivity contribution < 1.29 is 4.39 Å². The van der Waals surface area contributed by atoms with Crippen LogP contribution >= 0.6 is 0 Å². The number of piperazine rings is 1. The molecular weight excluding hydrogens is 253 g/mol. The van der Waals surface area contributed by atoms with Crippen molar-refractivity contribution in [2.75, 3.05) is 37.6 Å². The molecule has 20 heavy (non-hydrogen) atoms. The van der Waals surface area contributed by atoms with Crippen molar-refractivity contribution in [2.45, 2.75) is 32.1 Å². The predicted molar refractivity (Wildman–Crippen MR) is 79.4 cm³/mol. The Morgan fingerprint density at radius 2 is 1.80 bits per heavy atom. The number of pyridine rings is 1. The van der Waals surface area contributed by atoms with Crippen LogP contribution in [0.25, 0.3) is 0 Å². The van der Waals surface area contributed by atoms with Crippen molar-refractivity contribution in [1.29, 1.82) is 0 Å². The number of anilines is 1. The van der Waals surface area contributed by atoms with Gasteiger partial charge in [0, 0.05) is 32.7 Å². The van der Waals surface area contributed by atoms with Crippen LogP contribution in [0, 0.1) is 11.9 Å². The van der Waals surface area contributed by atoms with E-state index >= 15 is 0 Å². The molecule has 0 bridgehead atoms. The van der Waals surface area contributed by atoms with Crippen LogP contribution in [0.4, 0.5) is 10.2 Å². The highest BCUT2D eigenvalue weighted by molar-refractivity contribution is 5.38. The van der Waals surface area contributed by atoms with Gasteiger partial charge in [0.25, 0.3) is 0 Å². The Morgan fingerprint density at radius 1 is 1.05 bits per heavy atom. The summed E-state index contributed by atoms with van der Waals surface area (Å²) in [4.78, 5) is 8.75. The molecule has 1 aliphatic heterocycles. The smallest absolute Gasteiger partial charge is 0.214 e. The third-order valence-electron chi connectivity index (χ3n) is 4.64. The number of hydrogen-bond donors (Lipinski definition) is 0. The van der Waals surface area contributed by atoms with E-state index in [1.54, 1.807) is 6.07 Å². The third-order valence-corrected chi connectivity index (χ3v) is 4.64. The van der Waals surface area contributed by atoms with Gasteiger partial charge in [0.2, 0.25) is 5.95 Å². The van der Waals surface area contributed by atoms with E-state index in [4.69, 9.17) is 0 Å². The van der Waals surface area contributed by atoms with Crippen molar-refractivity contribution >= 4 is 5.82 Å². The van der Waals surface area contributed by atoms with Gasteiger partial charge in [-0.15, -0.1) is 0 Å². The average Bonchev–Trinajstić information content (AvgIpc) is 2.49. The van der Waals surface area contributed by atoms with Crippen molar-refractivity contribution in [2.24, 2.45) is 5.92 Å². The molecule has 1 saturated heterocycles. The summed E-state index contributed by atoms with van der Waals surface area (Å²) < 4.78 is 13.2. The molecule has 110 valence electrons. The standard InChI is InChI=1S/C16H24FN3/c17-15-7-4-8-16(18-15)20-11-9-19(10-12-20)13-14-5-2-1-3-6-14/h4,7-8,14H,1-3,5-6,9-13H2. The van der Waals surface area contributed by atoms with Crippen LogP contribution in [0.5, 0.6) is 0 Å². The van der Waals surface area contributed by atoms with E-state index in [2.05, 4.69) is 14.8 Å². The van der Waals surface area contributed by atoms with Gasteiger partial charge in [0.1, 0.15) is 5.82 Å². The summed E-state index contributed by atoms with van der Waals surface area (Å²) >= 11 is 0. The zero-order valence-electron chi connectivity index (χ0n) is 12.1. The molecule has 0 spiro atoms. The van der Waals surface area contributed by atoms with Crippen molar-refractivity contribution in [1.82, 2.24) is 9.88 Å². The van der Waals surface area contributed by atoms with Gasteiger partial charge >= 0.3 is 0 Å². The van der Waals surface area contributed by atoms with Crippen molar-refractivity contribution in [3.05, 3.63) is 24.1 Å². The van der Waals surface area contributed by atoms with E-state index in [-0.39, 0.29) is 5.95 Å². The van der Waals surface area contributed by atoms with Gasteiger partial charge < -0.3 is 4.90 Å². The first kappa shape index (κ1) is 13.8. The lowest BCUT2D eigenvalue weighted by Crippen LogP contribution is -2.48. The van der Waals surface area contributed by atoms with E-state index in [0.717, 1.165) is 37.9 Å². The predicted octanol–water partition coefficient (Wildman–Crippen LogP) is 2.92. The normalized spacial score (nSPS) is 22.1. The van der Waals surface area contributed by atoms with Crippen LogP contribution in [0.15, 0.2) is 18.2 Å². The molecule has 2 fully saturated rings. The van der Waals surface area contributed by atoms with Crippen LogP contribution in [0.2, 0.25) is 0 Å². The molecule has 0 atom stereocenters. The molecule has 0 unspecified atom stereocenters. The van der Waals surface area contributed by atoms with Crippen LogP contribution in [-0.4, -0.2) is 42.6 Å². The fraction of sp³-hybridized carbons (Fsp3) is 0.688. The number of aromatic nitrogens is 1. The Labute approximate surface area is 120 Å². The minimum atomic E-state index is -0.382. The zero-order chi connectivity index (χ0) is 13.8. The first-order valence-corrected chi connectivity index (χ1v) is 7.91. The number of halogens is 1. The molecule has 2 heterocycles. The molecule has 1 aromatic rings. The van der Waals surface area contributed by atoms with Gasteiger partial charge in [-0.1, -0.05) is 25.3 Å². The Morgan fingerprint density at radius 3 is 2.50 bits per heavy atom. The first-order valence-electron chi connectivity index (χ1n) is 7.91. The van der Waals surface area contributed by atoms with E-state index in [1.165, 1.54) is 44.7 Å². The lowest BCUT2D eigenvalue weighted by molar-refractivity contribution is 0.191. The van der Waals surface area contributed by atoms with Gasteiger partial charge in [-0.25, -0.2) is 4.98 Å². The number of nitrogens with zero attached hydrogens (tertiary/aromatic N) is 3. The minimum Gasteiger partial charge on any atom is -0.354 e. The number of hydrogen-bond acceptors (Lipinski definition) is 3. The van der Waals surface area contributed by atoms with E-state index in [0.29, 0.717) is 0 Å². The monoisotopic (exact) mass is 277 g/mol. The second-order valence-corrected chi connectivity index (χ2v) is 6.11. The maximum absolute atomic E-state index is 13.2. The van der Waals surface area contributed by atoms with Gasteiger partial charge in [0.05, 0.1) is 0 Å². The largest absolute Gasteiger partial charge is 0.354 e. The highest BCUT2D eigenvalue weighted by Crippen LogP contribution is 2.25. The Balaban J connectivity index is 1.49. The van der Waals surface area contributed by atoms with Crippen LogP contribution in [-0.2, 0) is 0 Å². The third kappa shape index (κ3) is 3.48. The molecule has 0 radical (unpaired) electrons. The van der Waals surface area contributed by atoms with Crippen molar-refractivity contribution in [3.63, 3.8) is 0 Å². The summed E-state index contributed by atoms with van der Waals surface area (Å²) in [6, 6.07) is 5.05. The summed E-state index contributed by atoms with van der Waals surface area (Å²) in [5.41, 5.74) is 0. The lowest BCUT2D eigenvalue weighted by atomic mass is 9.89. The van der Waals surface area contributed by atoms with Gasteiger partial charge in [-0.2, -0.15) is 4.39 Å². The van der Waals surface area contributed by atoms with Crippen LogP contribution < -0.4 is 4.90 Å². The summed E-state index contributed by atoms with van der Waals surface area (Å²) in [7, 11) is 0. The van der Waals surface area contributed by atoms with Gasteiger partial charge in [-0.05, 0) is 30.9 Å². The van der Waals surface area contributed by atoms with E-state index < -0.39 is 0 Å². The molecule has 3 nitrogen and oxygen atoms in total. The lowest BCUT2D eigenvalue weighted by Gasteiger charge is -2.37. The average molecular weight is 277 g/mol. The molecule has 1 aromatic heterocycles. The first-order chi connectivity index (χ1) is 9.81. The molecule has 2 aliphatic rings. The highest BCUT2D eigenvalue weighted by atomic mass is 19.1. The molecular formula is C16H24FN3. The van der Waals surface area contributed by atoms with Crippen LogP contribution in [0.3, 0.4) is 0 Å². The molecule has 0 aromatic carbocycles. The zero-order valence-corrected chi connectivity index (χ0v) is 12.1. The summed E-state index contributed by atoms with van der Waals surface area (Å²) in [5, 5.41) is 0. The SMILES string of the molecule is Fc1cccc(N2CCN(CC3CCCCC3)CC2)n1. The molecule has 3 rings (SSSR count). The summed E-state index contributed by atoms with van der Waals surface area (Å²) in [5.74, 6) is 1.30. The highest BCUT2D eigenvalue weighted by Gasteiger charge is 2.22. The van der Waals surface area contributed by atoms with Gasteiger partial charge in [-0.3, -0.25) is 4.90 Å². The molecule has 1 saturated carbocycles. The Kier molecular flexibility index (Phi) is 4.51. The van der Waals surface area contributed by atoms with E-state index in [9.17, 15) is 4.39 Å². The molecule has 0 amide bonds. The fourth-order valence-corrected chi connectivity index (χ4v) is 3.47. The topological polar surface area (TPSA) is 19.4 Å². The van der Waals surface area contributed by atoms with Gasteiger partial charge in [0.15, 0.2) is 0 Å². The summed E-state index contributed by atoms with van der Waals surface area (Å²) in [6.07, 6.45) is 7.07. The van der Waals surface area contributed by atoms with E-state index in [1.807, 2.05) is 6.07 Å². The summed E-state index contributed by atoms with van der Waals surface area (Å²) in [6.45, 7) is 5.33. The molecule has 1 aliphatic carbocycles. The number of rotatable bonds is 3. The van der Waals surface area contributed by atoms with Crippen molar-refractivity contribution in [3.8, 4) is 0 Å². The quantitative estimate of drug-likeness (QED) is 0.792. The second kappa shape index (κ2) is 6.53. The maximum Gasteiger partial charge on any atom is 0.214 e. The second-order valence-electron chi connectivity index (χ2n) is 6.11. The Bertz CT molecular complexity index is 423. The Hall–Kier alpha value is -1.16. The maximum atomic E-state index is 13.2. The van der Waals surface area contributed by atoms with Crippen LogP contribution in [0.1, 0.15) is 32.1 Å². The fourth-order valence-electron chi connectivity index (χ4n) is 3.47. The molecule has 0 N–H and O–H groups in total. The minimum absolute atomic E-state index is 0.382.